The van der Waals surface area contributed by atoms with Gasteiger partial charge in [-0.15, -0.1) is 0 Å². The van der Waals surface area contributed by atoms with Crippen molar-refractivity contribution in [2.45, 2.75) is 0 Å². The lowest BCUT2D eigenvalue weighted by Crippen LogP contribution is -2.17. The minimum absolute atomic E-state index is 0.295. The van der Waals surface area contributed by atoms with Crippen LogP contribution in [-0.4, -0.2) is 31.6 Å². The van der Waals surface area contributed by atoms with Crippen LogP contribution in [0, 0.1) is 0 Å². The minimum atomic E-state index is -0.526. The molecule has 26 heavy (non-hydrogen) atoms. The van der Waals surface area contributed by atoms with E-state index in [0.29, 0.717) is 35.8 Å². The molecular weight excluding hydrogens is 332 g/mol. The van der Waals surface area contributed by atoms with Crippen LogP contribution in [0.5, 0.6) is 11.5 Å². The van der Waals surface area contributed by atoms with Crippen LogP contribution in [0.15, 0.2) is 60.7 Å². The predicted molar refractivity (Wildman–Crippen MR) is 96.0 cm³/mol. The quantitative estimate of drug-likeness (QED) is 0.532. The van der Waals surface area contributed by atoms with E-state index in [1.807, 2.05) is 30.3 Å². The third-order valence-electron chi connectivity index (χ3n) is 4.18. The van der Waals surface area contributed by atoms with Gasteiger partial charge in [-0.05, 0) is 41.1 Å². The van der Waals surface area contributed by atoms with Crippen molar-refractivity contribution in [2.75, 3.05) is 19.8 Å². The maximum absolute atomic E-state index is 12.3. The Morgan fingerprint density at radius 2 is 1.54 bits per heavy atom. The van der Waals surface area contributed by atoms with Crippen LogP contribution in [0.4, 0.5) is 0 Å². The SMILES string of the molecule is O=C(COC(=O)c1ccc2ccccc2c1)c1ccc2c(c1)OCCO2. The largest absolute Gasteiger partial charge is 0.486 e. The molecule has 1 heterocycles. The molecule has 0 atom stereocenters. The summed E-state index contributed by atoms with van der Waals surface area (Å²) in [5.41, 5.74) is 0.833. The van der Waals surface area contributed by atoms with E-state index in [9.17, 15) is 9.59 Å². The number of Topliss-reactive ketones (excluding diaryl/α,β-unsaturated/α-hetero) is 1. The molecule has 0 radical (unpaired) electrons. The Morgan fingerprint density at radius 1 is 0.808 bits per heavy atom. The summed E-state index contributed by atoms with van der Waals surface area (Å²) in [6.07, 6.45) is 0. The molecule has 0 aliphatic carbocycles. The number of rotatable bonds is 4. The first-order valence-corrected chi connectivity index (χ1v) is 8.29. The zero-order valence-corrected chi connectivity index (χ0v) is 13.9. The number of benzene rings is 3. The standard InChI is InChI=1S/C21H16O5/c22-18(16-7-8-19-20(12-16)25-10-9-24-19)13-26-21(23)17-6-5-14-3-1-2-4-15(14)11-17/h1-8,11-12H,9-10,13H2. The second-order valence-corrected chi connectivity index (χ2v) is 5.92. The van der Waals surface area contributed by atoms with Crippen molar-refractivity contribution in [1.29, 1.82) is 0 Å². The predicted octanol–water partition coefficient (Wildman–Crippen LogP) is 3.65. The molecule has 0 saturated heterocycles. The molecule has 3 aromatic carbocycles. The molecule has 130 valence electrons. The topological polar surface area (TPSA) is 61.8 Å². The van der Waals surface area contributed by atoms with E-state index in [2.05, 4.69) is 0 Å². The van der Waals surface area contributed by atoms with Gasteiger partial charge >= 0.3 is 5.97 Å². The summed E-state index contributed by atoms with van der Waals surface area (Å²) >= 11 is 0. The normalized spacial score (nSPS) is 12.6. The summed E-state index contributed by atoms with van der Waals surface area (Å²) in [6, 6.07) is 18.0. The van der Waals surface area contributed by atoms with Gasteiger partial charge in [0.2, 0.25) is 0 Å². The molecule has 1 aliphatic heterocycles. The number of esters is 1. The smallest absolute Gasteiger partial charge is 0.338 e. The Kier molecular flexibility index (Phi) is 4.27. The van der Waals surface area contributed by atoms with E-state index in [1.165, 1.54) is 0 Å². The molecule has 0 saturated carbocycles. The monoisotopic (exact) mass is 348 g/mol. The zero-order chi connectivity index (χ0) is 17.9. The molecule has 5 nitrogen and oxygen atoms in total. The fourth-order valence-electron chi connectivity index (χ4n) is 2.83. The molecule has 1 aliphatic rings. The minimum Gasteiger partial charge on any atom is -0.486 e. The average molecular weight is 348 g/mol. The lowest BCUT2D eigenvalue weighted by Gasteiger charge is -2.18. The van der Waals surface area contributed by atoms with Crippen LogP contribution in [0.2, 0.25) is 0 Å². The highest BCUT2D eigenvalue weighted by molar-refractivity contribution is 6.00. The molecule has 0 N–H and O–H groups in total. The van der Waals surface area contributed by atoms with Gasteiger partial charge in [0.1, 0.15) is 13.2 Å². The van der Waals surface area contributed by atoms with Crippen molar-refractivity contribution in [3.63, 3.8) is 0 Å². The van der Waals surface area contributed by atoms with Crippen LogP contribution < -0.4 is 9.47 Å². The molecule has 3 aromatic rings. The number of ether oxygens (including phenoxy) is 3. The molecule has 0 amide bonds. The van der Waals surface area contributed by atoms with Crippen molar-refractivity contribution in [3.8, 4) is 11.5 Å². The van der Waals surface area contributed by atoms with E-state index in [0.717, 1.165) is 10.8 Å². The van der Waals surface area contributed by atoms with Crippen LogP contribution in [0.25, 0.3) is 10.8 Å². The number of hydrogen-bond acceptors (Lipinski definition) is 5. The highest BCUT2D eigenvalue weighted by Crippen LogP contribution is 2.30. The lowest BCUT2D eigenvalue weighted by atomic mass is 10.1. The fourth-order valence-corrected chi connectivity index (χ4v) is 2.83. The van der Waals surface area contributed by atoms with Gasteiger partial charge in [0.25, 0.3) is 0 Å². The molecule has 0 aromatic heterocycles. The van der Waals surface area contributed by atoms with E-state index in [4.69, 9.17) is 14.2 Å². The molecule has 5 heteroatoms. The van der Waals surface area contributed by atoms with Gasteiger partial charge in [0, 0.05) is 5.56 Å². The van der Waals surface area contributed by atoms with E-state index < -0.39 is 5.97 Å². The number of hydrogen-bond donors (Lipinski definition) is 0. The summed E-state index contributed by atoms with van der Waals surface area (Å²) < 4.78 is 16.1. The molecule has 0 unspecified atom stereocenters. The van der Waals surface area contributed by atoms with E-state index in [1.54, 1.807) is 30.3 Å². The van der Waals surface area contributed by atoms with Crippen LogP contribution >= 0.6 is 0 Å². The van der Waals surface area contributed by atoms with Gasteiger partial charge in [0.15, 0.2) is 23.9 Å². The summed E-state index contributed by atoms with van der Waals surface area (Å²) in [5.74, 6) is 0.321. The highest BCUT2D eigenvalue weighted by Gasteiger charge is 2.17. The molecule has 0 fully saturated rings. The van der Waals surface area contributed by atoms with Crippen molar-refractivity contribution in [2.24, 2.45) is 0 Å². The van der Waals surface area contributed by atoms with Crippen LogP contribution in [-0.2, 0) is 4.74 Å². The number of ketones is 1. The highest BCUT2D eigenvalue weighted by atomic mass is 16.6. The summed E-state index contributed by atoms with van der Waals surface area (Å²) in [5, 5.41) is 1.98. The Hall–Kier alpha value is -3.34. The Balaban J connectivity index is 1.44. The van der Waals surface area contributed by atoms with Gasteiger partial charge in [-0.3, -0.25) is 4.79 Å². The van der Waals surface area contributed by atoms with Gasteiger partial charge < -0.3 is 14.2 Å². The van der Waals surface area contributed by atoms with Crippen molar-refractivity contribution in [1.82, 2.24) is 0 Å². The second-order valence-electron chi connectivity index (χ2n) is 5.92. The lowest BCUT2D eigenvalue weighted by molar-refractivity contribution is 0.0474. The first kappa shape index (κ1) is 16.1. The zero-order valence-electron chi connectivity index (χ0n) is 13.9. The molecule has 0 bridgehead atoms. The van der Waals surface area contributed by atoms with Gasteiger partial charge in [-0.25, -0.2) is 4.79 Å². The number of carbonyl (C=O) groups is 2. The summed E-state index contributed by atoms with van der Waals surface area (Å²) in [6.45, 7) is 0.608. The third-order valence-corrected chi connectivity index (χ3v) is 4.18. The second kappa shape index (κ2) is 6.88. The maximum atomic E-state index is 12.3. The van der Waals surface area contributed by atoms with Gasteiger partial charge in [0.05, 0.1) is 5.56 Å². The number of fused-ring (bicyclic) bond motifs is 2. The number of carbonyl (C=O) groups excluding carboxylic acids is 2. The first-order valence-electron chi connectivity index (χ1n) is 8.29. The van der Waals surface area contributed by atoms with Crippen molar-refractivity contribution >= 4 is 22.5 Å². The Bertz CT molecular complexity index is 993. The fraction of sp³-hybridized carbons (Fsp3) is 0.143. The summed E-state index contributed by atoms with van der Waals surface area (Å²) in [4.78, 5) is 24.5. The Labute approximate surface area is 150 Å². The average Bonchev–Trinajstić information content (AvgIpc) is 2.71. The first-order chi connectivity index (χ1) is 12.7. The van der Waals surface area contributed by atoms with Crippen LogP contribution in [0.3, 0.4) is 0 Å². The molecule has 4 rings (SSSR count). The van der Waals surface area contributed by atoms with E-state index in [-0.39, 0.29) is 12.4 Å². The summed E-state index contributed by atoms with van der Waals surface area (Å²) in [7, 11) is 0. The van der Waals surface area contributed by atoms with Crippen LogP contribution in [0.1, 0.15) is 20.7 Å². The van der Waals surface area contributed by atoms with Crippen molar-refractivity contribution < 1.29 is 23.8 Å². The van der Waals surface area contributed by atoms with Gasteiger partial charge in [-0.2, -0.15) is 0 Å². The van der Waals surface area contributed by atoms with Crippen molar-refractivity contribution in [3.05, 3.63) is 71.8 Å². The van der Waals surface area contributed by atoms with E-state index >= 15 is 0 Å². The maximum Gasteiger partial charge on any atom is 0.338 e. The molecular formula is C21H16O5. The Morgan fingerprint density at radius 3 is 2.38 bits per heavy atom. The van der Waals surface area contributed by atoms with Gasteiger partial charge in [-0.1, -0.05) is 30.3 Å². The molecule has 0 spiro atoms. The third kappa shape index (κ3) is 3.24.